The molecular formula is C23H36N4O8S2. The van der Waals surface area contributed by atoms with Gasteiger partial charge in [-0.25, -0.2) is 13.2 Å². The van der Waals surface area contributed by atoms with Gasteiger partial charge in [-0.3, -0.25) is 14.9 Å². The van der Waals surface area contributed by atoms with Gasteiger partial charge in [0.05, 0.1) is 23.0 Å². The van der Waals surface area contributed by atoms with Crippen molar-refractivity contribution in [2.24, 2.45) is 0 Å². The summed E-state index contributed by atoms with van der Waals surface area (Å²) in [6, 6.07) is 2.39. The fourth-order valence-corrected chi connectivity index (χ4v) is 5.93. The summed E-state index contributed by atoms with van der Waals surface area (Å²) in [5.41, 5.74) is -0.510. The van der Waals surface area contributed by atoms with Crippen LogP contribution >= 0.6 is 11.8 Å². The molecule has 12 nitrogen and oxygen atoms in total. The summed E-state index contributed by atoms with van der Waals surface area (Å²) in [5, 5.41) is 14.7. The third-order valence-corrected chi connectivity index (χ3v) is 8.28. The summed E-state index contributed by atoms with van der Waals surface area (Å²) in [6.07, 6.45) is 2.13. The molecule has 1 aromatic carbocycles. The predicted octanol–water partition coefficient (Wildman–Crippen LogP) is 2.34. The lowest BCUT2D eigenvalue weighted by Gasteiger charge is -2.30. The first-order chi connectivity index (χ1) is 17.4. The molecule has 1 saturated heterocycles. The Morgan fingerprint density at radius 2 is 1.84 bits per heavy atom. The number of ether oxygens (including phenoxy) is 2. The Labute approximate surface area is 222 Å². The second-order valence-electron chi connectivity index (χ2n) is 9.03. The molecule has 0 unspecified atom stereocenters. The first kappa shape index (κ1) is 30.8. The Morgan fingerprint density at radius 3 is 2.38 bits per heavy atom. The number of anilines is 1. The average Bonchev–Trinajstić information content (AvgIpc) is 2.85. The van der Waals surface area contributed by atoms with Crippen LogP contribution in [0.25, 0.3) is 0 Å². The fourth-order valence-electron chi connectivity index (χ4n) is 4.03. The van der Waals surface area contributed by atoms with E-state index >= 15 is 0 Å². The van der Waals surface area contributed by atoms with E-state index in [0.29, 0.717) is 5.75 Å². The van der Waals surface area contributed by atoms with Gasteiger partial charge in [-0.05, 0) is 58.3 Å². The van der Waals surface area contributed by atoms with Gasteiger partial charge in [0.2, 0.25) is 10.0 Å². The quantitative estimate of drug-likeness (QED) is 0.216. The van der Waals surface area contributed by atoms with Gasteiger partial charge in [0.25, 0.3) is 11.6 Å². The molecule has 37 heavy (non-hydrogen) atoms. The minimum Gasteiger partial charge on any atom is -0.454 e. The molecule has 0 radical (unpaired) electrons. The Morgan fingerprint density at radius 1 is 1.22 bits per heavy atom. The first-order valence-electron chi connectivity index (χ1n) is 12.0. The van der Waals surface area contributed by atoms with Gasteiger partial charge in [0.15, 0.2) is 6.61 Å². The molecule has 0 saturated carbocycles. The van der Waals surface area contributed by atoms with Crippen molar-refractivity contribution in [3.63, 3.8) is 0 Å². The zero-order valence-corrected chi connectivity index (χ0v) is 23.5. The molecule has 1 N–H and O–H groups in total. The van der Waals surface area contributed by atoms with Crippen molar-refractivity contribution >= 4 is 45.0 Å². The maximum absolute atomic E-state index is 13.0. The van der Waals surface area contributed by atoms with Crippen LogP contribution in [0.4, 0.5) is 11.4 Å². The molecule has 208 valence electrons. The topological polar surface area (TPSA) is 148 Å². The molecule has 1 fully saturated rings. The summed E-state index contributed by atoms with van der Waals surface area (Å²) < 4.78 is 37.6. The van der Waals surface area contributed by atoms with Crippen LogP contribution in [-0.2, 0) is 29.1 Å². The van der Waals surface area contributed by atoms with E-state index in [4.69, 9.17) is 9.47 Å². The summed E-state index contributed by atoms with van der Waals surface area (Å²) in [7, 11) is -3.95. The molecule has 1 aromatic rings. The van der Waals surface area contributed by atoms with Gasteiger partial charge < -0.3 is 19.7 Å². The monoisotopic (exact) mass is 560 g/mol. The van der Waals surface area contributed by atoms with E-state index in [9.17, 15) is 28.1 Å². The summed E-state index contributed by atoms with van der Waals surface area (Å²) >= 11 is 1.48. The van der Waals surface area contributed by atoms with Gasteiger partial charge in [-0.2, -0.15) is 16.1 Å². The molecule has 1 heterocycles. The number of morpholine rings is 1. The predicted molar refractivity (Wildman–Crippen MR) is 141 cm³/mol. The van der Waals surface area contributed by atoms with Crippen molar-refractivity contribution in [1.29, 1.82) is 0 Å². The number of amides is 1. The highest BCUT2D eigenvalue weighted by Gasteiger charge is 2.31. The summed E-state index contributed by atoms with van der Waals surface area (Å²) in [6.45, 7) is 7.81. The third-order valence-electron chi connectivity index (χ3n) is 5.74. The SMILES string of the molecule is CSCC[C@H](Nc1ccc(S(=O)(=O)N2CCOCC2)cc1[N+](=O)[O-])C(=O)OCC(=O)N(C(C)C)C(C)C. The molecule has 1 amide bonds. The highest BCUT2D eigenvalue weighted by Crippen LogP contribution is 2.30. The summed E-state index contributed by atoms with van der Waals surface area (Å²) in [4.78, 5) is 38.0. The second kappa shape index (κ2) is 13.9. The van der Waals surface area contributed by atoms with Crippen molar-refractivity contribution in [3.8, 4) is 0 Å². The minimum absolute atomic E-state index is 0.0219. The van der Waals surface area contributed by atoms with Gasteiger partial charge in [-0.15, -0.1) is 0 Å². The lowest BCUT2D eigenvalue weighted by atomic mass is 10.2. The van der Waals surface area contributed by atoms with Crippen molar-refractivity contribution in [3.05, 3.63) is 28.3 Å². The molecule has 0 spiro atoms. The minimum atomic E-state index is -3.95. The molecular weight excluding hydrogens is 524 g/mol. The molecule has 2 rings (SSSR count). The number of hydrogen-bond donors (Lipinski definition) is 1. The van der Waals surface area contributed by atoms with Crippen LogP contribution in [0.3, 0.4) is 0 Å². The van der Waals surface area contributed by atoms with Crippen molar-refractivity contribution in [1.82, 2.24) is 9.21 Å². The van der Waals surface area contributed by atoms with Crippen LogP contribution in [0.2, 0.25) is 0 Å². The molecule has 1 aliphatic rings. The zero-order valence-electron chi connectivity index (χ0n) is 21.8. The smallest absolute Gasteiger partial charge is 0.329 e. The zero-order chi connectivity index (χ0) is 27.8. The van der Waals surface area contributed by atoms with E-state index in [1.807, 2.05) is 34.0 Å². The number of nitro groups is 1. The average molecular weight is 561 g/mol. The van der Waals surface area contributed by atoms with Gasteiger partial charge >= 0.3 is 5.97 Å². The number of nitro benzene ring substituents is 1. The Balaban J connectivity index is 2.24. The van der Waals surface area contributed by atoms with E-state index in [1.165, 1.54) is 28.2 Å². The molecule has 0 aliphatic carbocycles. The number of esters is 1. The number of carbonyl (C=O) groups is 2. The lowest BCUT2D eigenvalue weighted by Crippen LogP contribution is -2.45. The van der Waals surface area contributed by atoms with Crippen molar-refractivity contribution in [2.75, 3.05) is 50.2 Å². The number of rotatable bonds is 13. The summed E-state index contributed by atoms with van der Waals surface area (Å²) in [5.74, 6) is -0.526. The van der Waals surface area contributed by atoms with E-state index in [2.05, 4.69) is 5.32 Å². The Bertz CT molecular complexity index is 1050. The molecule has 14 heteroatoms. The number of hydrogen-bond acceptors (Lipinski definition) is 10. The Kier molecular flexibility index (Phi) is 11.6. The molecule has 0 aromatic heterocycles. The van der Waals surface area contributed by atoms with E-state index in [1.54, 1.807) is 4.90 Å². The van der Waals surface area contributed by atoms with Crippen molar-refractivity contribution in [2.45, 2.75) is 57.1 Å². The molecule has 1 atom stereocenters. The van der Waals surface area contributed by atoms with Crippen LogP contribution in [0.15, 0.2) is 23.1 Å². The Hall–Kier alpha value is -2.42. The number of nitrogens with zero attached hydrogens (tertiary/aromatic N) is 3. The van der Waals surface area contributed by atoms with Crippen LogP contribution in [0.5, 0.6) is 0 Å². The highest BCUT2D eigenvalue weighted by molar-refractivity contribution is 7.98. The maximum Gasteiger partial charge on any atom is 0.329 e. The van der Waals surface area contributed by atoms with Crippen LogP contribution in [-0.4, -0.2) is 97.5 Å². The number of nitrogens with one attached hydrogen (secondary N) is 1. The maximum atomic E-state index is 13.0. The van der Waals surface area contributed by atoms with E-state index < -0.39 is 39.3 Å². The van der Waals surface area contributed by atoms with Gasteiger partial charge in [0.1, 0.15) is 11.7 Å². The lowest BCUT2D eigenvalue weighted by molar-refractivity contribution is -0.384. The number of carbonyl (C=O) groups excluding carboxylic acids is 2. The first-order valence-corrected chi connectivity index (χ1v) is 14.8. The fraction of sp³-hybridized carbons (Fsp3) is 0.652. The normalized spacial score (nSPS) is 15.4. The van der Waals surface area contributed by atoms with E-state index in [0.717, 1.165) is 6.07 Å². The van der Waals surface area contributed by atoms with E-state index in [-0.39, 0.29) is 61.3 Å². The third kappa shape index (κ3) is 8.28. The van der Waals surface area contributed by atoms with Crippen LogP contribution in [0, 0.1) is 10.1 Å². The van der Waals surface area contributed by atoms with Gasteiger partial charge in [0, 0.05) is 31.2 Å². The number of benzene rings is 1. The molecule has 1 aliphatic heterocycles. The number of thioether (sulfide) groups is 1. The highest BCUT2D eigenvalue weighted by atomic mass is 32.2. The standard InChI is InChI=1S/C23H36N4O8S2/c1-16(2)26(17(3)4)22(28)15-35-23(29)20(8-13-36-5)24-19-7-6-18(14-21(19)27(30)31)37(32,33)25-9-11-34-12-10-25/h6-7,14,16-17,20,24H,8-13,15H2,1-5H3/t20-/m0/s1. The number of sulfonamides is 1. The van der Waals surface area contributed by atoms with Crippen LogP contribution < -0.4 is 5.32 Å². The van der Waals surface area contributed by atoms with Gasteiger partial charge in [-0.1, -0.05) is 0 Å². The second-order valence-corrected chi connectivity index (χ2v) is 12.0. The molecule has 0 bridgehead atoms. The largest absolute Gasteiger partial charge is 0.454 e. The van der Waals surface area contributed by atoms with Crippen molar-refractivity contribution < 1.29 is 32.4 Å². The van der Waals surface area contributed by atoms with Crippen LogP contribution in [0.1, 0.15) is 34.1 Å².